The van der Waals surface area contributed by atoms with Crippen LogP contribution in [0.15, 0.2) is 121 Å². The SMILES string of the molecule is CCCCCCCCCCCCOc1ccc(C(=O)Oc2ccc(-c3ccc(OC(=O)c4ccc(-c5ccc(OCCOCCOCCOCCOCCOCCOCCOCCOCCOCCOCCOCCOCCOCCOCCOCCOCCOC)cc5)cc4)cc3)cc2)cc1. The van der Waals surface area contributed by atoms with Crippen LogP contribution in [0.25, 0.3) is 22.3 Å². The zero-order valence-electron chi connectivity index (χ0n) is 60.8. The largest absolute Gasteiger partial charge is 0.494 e. The summed E-state index contributed by atoms with van der Waals surface area (Å²) in [5.74, 6) is 1.43. The van der Waals surface area contributed by atoms with Gasteiger partial charge in [0, 0.05) is 7.11 Å². The van der Waals surface area contributed by atoms with Crippen LogP contribution in [-0.2, 0) is 80.5 Å². The molecule has 0 fully saturated rings. The molecule has 23 heteroatoms. The lowest BCUT2D eigenvalue weighted by atomic mass is 10.0. The normalized spacial score (nSPS) is 11.4. The predicted molar refractivity (Wildman–Crippen MR) is 388 cm³/mol. The monoisotopic (exact) mass is 1430 g/mol. The summed E-state index contributed by atoms with van der Waals surface area (Å²) in [6.45, 7) is 19.5. The van der Waals surface area contributed by atoms with E-state index in [-0.39, 0.29) is 0 Å². The summed E-state index contributed by atoms with van der Waals surface area (Å²) in [5.41, 5.74) is 4.63. The van der Waals surface area contributed by atoms with Crippen LogP contribution >= 0.6 is 0 Å². The van der Waals surface area contributed by atoms with Gasteiger partial charge in [0.15, 0.2) is 0 Å². The maximum atomic E-state index is 13.1. The zero-order valence-corrected chi connectivity index (χ0v) is 60.8. The minimum Gasteiger partial charge on any atom is -0.494 e. The molecule has 0 saturated heterocycles. The number of methoxy groups -OCH3 is 1. The second-order valence-electron chi connectivity index (χ2n) is 23.1. The highest BCUT2D eigenvalue weighted by Gasteiger charge is 2.13. The van der Waals surface area contributed by atoms with Gasteiger partial charge >= 0.3 is 11.9 Å². The van der Waals surface area contributed by atoms with E-state index in [1.54, 1.807) is 55.6 Å². The van der Waals surface area contributed by atoms with Gasteiger partial charge in [-0.15, -0.1) is 0 Å². The second kappa shape index (κ2) is 62.3. The lowest BCUT2D eigenvalue weighted by molar-refractivity contribution is -0.0306. The number of unbranched alkanes of at least 4 members (excludes halogenated alkanes) is 9. The number of carbonyl (C=O) groups is 2. The van der Waals surface area contributed by atoms with Gasteiger partial charge in [-0.25, -0.2) is 9.59 Å². The molecule has 0 aliphatic heterocycles. The Kier molecular flexibility index (Phi) is 52.9. The Morgan fingerprint density at radius 3 is 0.676 bits per heavy atom. The fourth-order valence-corrected chi connectivity index (χ4v) is 9.53. The van der Waals surface area contributed by atoms with Crippen LogP contribution in [0.5, 0.6) is 23.0 Å². The quantitative estimate of drug-likeness (QED) is 0.0200. The van der Waals surface area contributed by atoms with Crippen LogP contribution in [-0.4, -0.2) is 250 Å². The molecule has 0 aromatic heterocycles. The first-order valence-electron chi connectivity index (χ1n) is 36.5. The Bertz CT molecular complexity index is 2720. The molecular weight excluding hydrogens is 1320 g/mol. The van der Waals surface area contributed by atoms with E-state index in [9.17, 15) is 9.59 Å². The average Bonchev–Trinajstić information content (AvgIpc) is 0.846. The smallest absolute Gasteiger partial charge is 0.343 e. The molecule has 0 unspecified atom stereocenters. The molecule has 23 nitrogen and oxygen atoms in total. The van der Waals surface area contributed by atoms with E-state index in [1.165, 1.54) is 57.8 Å². The van der Waals surface area contributed by atoms with Gasteiger partial charge < -0.3 is 99.5 Å². The topological polar surface area (TPSA) is 228 Å². The molecule has 102 heavy (non-hydrogen) atoms. The molecule has 5 rings (SSSR count). The van der Waals surface area contributed by atoms with E-state index in [0.29, 0.717) is 254 Å². The maximum absolute atomic E-state index is 13.1. The number of esters is 2. The highest BCUT2D eigenvalue weighted by Crippen LogP contribution is 2.27. The first kappa shape index (κ1) is 86.6. The number of hydrogen-bond acceptors (Lipinski definition) is 23. The van der Waals surface area contributed by atoms with E-state index < -0.39 is 11.9 Å². The fourth-order valence-electron chi connectivity index (χ4n) is 9.53. The molecule has 570 valence electrons. The van der Waals surface area contributed by atoms with Crippen LogP contribution in [0.4, 0.5) is 0 Å². The molecule has 0 atom stereocenters. The highest BCUT2D eigenvalue weighted by molar-refractivity contribution is 5.92. The van der Waals surface area contributed by atoms with Crippen LogP contribution in [0, 0.1) is 0 Å². The van der Waals surface area contributed by atoms with Gasteiger partial charge in [0.1, 0.15) is 29.6 Å². The van der Waals surface area contributed by atoms with Crippen molar-refractivity contribution in [2.75, 3.05) is 238 Å². The van der Waals surface area contributed by atoms with Crippen molar-refractivity contribution in [1.82, 2.24) is 0 Å². The lowest BCUT2D eigenvalue weighted by Crippen LogP contribution is -2.16. The third-order valence-electron chi connectivity index (χ3n) is 15.1. The van der Waals surface area contributed by atoms with Gasteiger partial charge in [-0.3, -0.25) is 0 Å². The van der Waals surface area contributed by atoms with Crippen LogP contribution in [0.1, 0.15) is 91.8 Å². The van der Waals surface area contributed by atoms with E-state index in [0.717, 1.165) is 40.2 Å². The van der Waals surface area contributed by atoms with E-state index in [1.807, 2.05) is 72.8 Å². The maximum Gasteiger partial charge on any atom is 0.343 e. The zero-order chi connectivity index (χ0) is 71.7. The molecule has 0 spiro atoms. The predicted octanol–water partition coefficient (Wildman–Crippen LogP) is 12.0. The summed E-state index contributed by atoms with van der Waals surface area (Å²) in [6.07, 6.45) is 12.8. The molecular formula is C79H116O23. The van der Waals surface area contributed by atoms with Gasteiger partial charge in [0.05, 0.1) is 236 Å². The molecule has 0 saturated carbocycles. The van der Waals surface area contributed by atoms with E-state index in [2.05, 4.69) is 6.92 Å². The van der Waals surface area contributed by atoms with Crippen molar-refractivity contribution >= 4 is 11.9 Å². The van der Waals surface area contributed by atoms with Crippen molar-refractivity contribution in [3.63, 3.8) is 0 Å². The molecule has 0 N–H and O–H groups in total. The summed E-state index contributed by atoms with van der Waals surface area (Å²) in [4.78, 5) is 26.0. The van der Waals surface area contributed by atoms with Crippen molar-refractivity contribution < 1.29 is 109 Å². The Morgan fingerprint density at radius 1 is 0.216 bits per heavy atom. The molecule has 0 amide bonds. The molecule has 0 radical (unpaired) electrons. The first-order valence-corrected chi connectivity index (χ1v) is 36.5. The van der Waals surface area contributed by atoms with E-state index in [4.69, 9.17) is 99.5 Å². The minimum absolute atomic E-state index is 0.395. The van der Waals surface area contributed by atoms with Gasteiger partial charge in [-0.05, 0) is 101 Å². The summed E-state index contributed by atoms with van der Waals surface area (Å²) in [7, 11) is 1.64. The molecule has 0 heterocycles. The number of rotatable bonds is 70. The average molecular weight is 1430 g/mol. The van der Waals surface area contributed by atoms with Crippen LogP contribution in [0.3, 0.4) is 0 Å². The van der Waals surface area contributed by atoms with Crippen molar-refractivity contribution in [3.05, 3.63) is 132 Å². The van der Waals surface area contributed by atoms with Crippen molar-refractivity contribution in [3.8, 4) is 45.3 Å². The lowest BCUT2D eigenvalue weighted by Gasteiger charge is -2.10. The van der Waals surface area contributed by atoms with Gasteiger partial charge in [-0.1, -0.05) is 113 Å². The van der Waals surface area contributed by atoms with Crippen molar-refractivity contribution in [2.45, 2.75) is 71.1 Å². The number of carbonyl (C=O) groups excluding carboxylic acids is 2. The van der Waals surface area contributed by atoms with Crippen LogP contribution in [0.2, 0.25) is 0 Å². The molecule has 0 aliphatic rings. The first-order chi connectivity index (χ1) is 50.5. The second-order valence-corrected chi connectivity index (χ2v) is 23.1. The number of ether oxygens (including phenoxy) is 21. The van der Waals surface area contributed by atoms with Gasteiger partial charge in [0.25, 0.3) is 0 Å². The van der Waals surface area contributed by atoms with Crippen molar-refractivity contribution in [2.24, 2.45) is 0 Å². The highest BCUT2D eigenvalue weighted by atomic mass is 16.6. The summed E-state index contributed by atoms with van der Waals surface area (Å²) in [6, 6.07) is 36.7. The minimum atomic E-state index is -0.460. The van der Waals surface area contributed by atoms with Gasteiger partial charge in [-0.2, -0.15) is 0 Å². The molecule has 5 aromatic rings. The van der Waals surface area contributed by atoms with Crippen LogP contribution < -0.4 is 18.9 Å². The standard InChI is InChI=1S/C79H116O23/c1-3-4-5-6-7-8-9-10-11-12-33-99-74-27-23-73(24-28-74)79(81)102-77-31-21-71(22-32-77)70-19-29-76(30-20-70)101-78(80)72-15-13-68(14-16-72)69-17-25-75(26-18-69)100-67-66-98-65-64-97-63-62-96-61-60-95-59-58-94-57-56-93-55-54-92-53-52-91-51-50-90-49-48-89-47-46-88-45-44-87-43-42-86-41-40-85-39-38-84-37-36-83-35-34-82-2/h13-32H,3-12,33-67H2,1-2H3. The fraction of sp³-hybridized carbons (Fsp3) is 0.595. The third kappa shape index (κ3) is 45.2. The molecule has 0 bridgehead atoms. The Hall–Kier alpha value is -6.04. The van der Waals surface area contributed by atoms with Gasteiger partial charge in [0.2, 0.25) is 0 Å². The Labute approximate surface area is 605 Å². The van der Waals surface area contributed by atoms with Crippen molar-refractivity contribution in [1.29, 1.82) is 0 Å². The van der Waals surface area contributed by atoms with E-state index >= 15 is 0 Å². The molecule has 5 aromatic carbocycles. The molecule has 0 aliphatic carbocycles. The number of hydrogen-bond donors (Lipinski definition) is 0. The summed E-state index contributed by atoms with van der Waals surface area (Å²) in [5, 5.41) is 0. The number of benzene rings is 5. The Balaban J connectivity index is 0.720. The third-order valence-corrected chi connectivity index (χ3v) is 15.1. The summed E-state index contributed by atoms with van der Waals surface area (Å²) < 4.78 is 116. The Morgan fingerprint density at radius 2 is 0.412 bits per heavy atom. The summed E-state index contributed by atoms with van der Waals surface area (Å²) >= 11 is 0.